The summed E-state index contributed by atoms with van der Waals surface area (Å²) in [6.07, 6.45) is 0.930. The Bertz CT molecular complexity index is 857. The topological polar surface area (TPSA) is 72.5 Å². The van der Waals surface area contributed by atoms with Crippen molar-refractivity contribution in [2.45, 2.75) is 38.1 Å². The standard InChI is InChI=1S/C19H23NO4S/c1-5-15-7-10-16(11-8-15)14(3)20-25(22,23)18-12-17(19(21)24-4)9-6-13(18)2/h6-12,14,20H,5H2,1-4H3/t14-/m1/s1. The maximum absolute atomic E-state index is 12.8. The van der Waals surface area contributed by atoms with E-state index in [9.17, 15) is 13.2 Å². The minimum Gasteiger partial charge on any atom is -0.465 e. The molecule has 0 heterocycles. The number of carbonyl (C=O) groups excluding carboxylic acids is 1. The lowest BCUT2D eigenvalue weighted by atomic mass is 10.1. The molecule has 134 valence electrons. The first-order chi connectivity index (χ1) is 11.8. The largest absolute Gasteiger partial charge is 0.465 e. The second-order valence-corrected chi connectivity index (χ2v) is 7.59. The molecule has 0 amide bonds. The monoisotopic (exact) mass is 361 g/mol. The van der Waals surface area contributed by atoms with E-state index in [1.807, 2.05) is 24.3 Å². The summed E-state index contributed by atoms with van der Waals surface area (Å²) in [6, 6.07) is 11.9. The molecule has 1 atom stereocenters. The van der Waals surface area contributed by atoms with Gasteiger partial charge in [0.2, 0.25) is 10.0 Å². The molecule has 0 spiro atoms. The summed E-state index contributed by atoms with van der Waals surface area (Å²) < 4.78 is 32.9. The van der Waals surface area contributed by atoms with Crippen LogP contribution in [0.4, 0.5) is 0 Å². The van der Waals surface area contributed by atoms with Crippen LogP contribution in [0.15, 0.2) is 47.4 Å². The molecule has 1 N–H and O–H groups in total. The fraction of sp³-hybridized carbons (Fsp3) is 0.316. The van der Waals surface area contributed by atoms with Crippen LogP contribution < -0.4 is 4.72 Å². The summed E-state index contributed by atoms with van der Waals surface area (Å²) in [5.41, 5.74) is 2.84. The lowest BCUT2D eigenvalue weighted by Gasteiger charge is -2.16. The van der Waals surface area contributed by atoms with Crippen molar-refractivity contribution in [3.63, 3.8) is 0 Å². The highest BCUT2D eigenvalue weighted by Gasteiger charge is 2.22. The molecular formula is C19H23NO4S. The van der Waals surface area contributed by atoms with E-state index in [1.54, 1.807) is 26.0 Å². The third-order valence-corrected chi connectivity index (χ3v) is 5.80. The first-order valence-electron chi connectivity index (χ1n) is 8.08. The number of rotatable bonds is 6. The number of benzene rings is 2. The number of sulfonamides is 1. The maximum Gasteiger partial charge on any atom is 0.337 e. The summed E-state index contributed by atoms with van der Waals surface area (Å²) in [7, 11) is -2.52. The molecule has 5 nitrogen and oxygen atoms in total. The lowest BCUT2D eigenvalue weighted by Crippen LogP contribution is -2.27. The van der Waals surface area contributed by atoms with Crippen LogP contribution in [0.1, 0.15) is 46.9 Å². The van der Waals surface area contributed by atoms with Crippen LogP contribution in [-0.2, 0) is 21.2 Å². The molecule has 0 fully saturated rings. The Morgan fingerprint density at radius 3 is 2.36 bits per heavy atom. The van der Waals surface area contributed by atoms with Gasteiger partial charge in [-0.05, 0) is 49.1 Å². The number of nitrogens with one attached hydrogen (secondary N) is 1. The van der Waals surface area contributed by atoms with E-state index < -0.39 is 22.0 Å². The maximum atomic E-state index is 12.8. The highest BCUT2D eigenvalue weighted by molar-refractivity contribution is 7.89. The highest BCUT2D eigenvalue weighted by Crippen LogP contribution is 2.21. The molecule has 2 rings (SSSR count). The number of carbonyl (C=O) groups is 1. The first kappa shape index (κ1) is 19.1. The van der Waals surface area contributed by atoms with E-state index in [1.165, 1.54) is 18.7 Å². The molecule has 25 heavy (non-hydrogen) atoms. The van der Waals surface area contributed by atoms with Crippen molar-refractivity contribution in [3.8, 4) is 0 Å². The number of methoxy groups -OCH3 is 1. The van der Waals surface area contributed by atoms with Gasteiger partial charge in [-0.25, -0.2) is 17.9 Å². The third kappa shape index (κ3) is 4.46. The van der Waals surface area contributed by atoms with Crippen LogP contribution in [0, 0.1) is 6.92 Å². The summed E-state index contributed by atoms with van der Waals surface area (Å²) in [5.74, 6) is -0.570. The summed E-state index contributed by atoms with van der Waals surface area (Å²) >= 11 is 0. The van der Waals surface area contributed by atoms with Crippen molar-refractivity contribution < 1.29 is 17.9 Å². The van der Waals surface area contributed by atoms with Crippen LogP contribution >= 0.6 is 0 Å². The van der Waals surface area contributed by atoms with Crippen molar-refractivity contribution in [2.75, 3.05) is 7.11 Å². The SMILES string of the molecule is CCc1ccc([C@@H](C)NS(=O)(=O)c2cc(C(=O)OC)ccc2C)cc1. The molecule has 6 heteroatoms. The molecule has 0 aliphatic carbocycles. The van der Waals surface area contributed by atoms with Crippen molar-refractivity contribution >= 4 is 16.0 Å². The van der Waals surface area contributed by atoms with Crippen molar-refractivity contribution in [2.24, 2.45) is 0 Å². The van der Waals surface area contributed by atoms with E-state index in [2.05, 4.69) is 16.4 Å². The van der Waals surface area contributed by atoms with Crippen molar-refractivity contribution in [1.29, 1.82) is 0 Å². The Kier molecular flexibility index (Phi) is 5.98. The first-order valence-corrected chi connectivity index (χ1v) is 9.57. The number of hydrogen-bond acceptors (Lipinski definition) is 4. The van der Waals surface area contributed by atoms with E-state index in [4.69, 9.17) is 0 Å². The zero-order valence-electron chi connectivity index (χ0n) is 14.9. The van der Waals surface area contributed by atoms with Gasteiger partial charge in [0, 0.05) is 6.04 Å². The molecular weight excluding hydrogens is 338 g/mol. The summed E-state index contributed by atoms with van der Waals surface area (Å²) in [5, 5.41) is 0. The minimum absolute atomic E-state index is 0.0763. The van der Waals surface area contributed by atoms with Crippen molar-refractivity contribution in [3.05, 3.63) is 64.7 Å². The second-order valence-electron chi connectivity index (χ2n) is 5.91. The second kappa shape index (κ2) is 7.80. The van der Waals surface area contributed by atoms with Crippen LogP contribution in [0.3, 0.4) is 0 Å². The fourth-order valence-corrected chi connectivity index (χ4v) is 4.04. The van der Waals surface area contributed by atoms with Gasteiger partial charge in [-0.15, -0.1) is 0 Å². The van der Waals surface area contributed by atoms with Gasteiger partial charge in [-0.1, -0.05) is 37.3 Å². The van der Waals surface area contributed by atoms with Crippen LogP contribution in [-0.4, -0.2) is 21.5 Å². The zero-order valence-corrected chi connectivity index (χ0v) is 15.7. The number of aryl methyl sites for hydroxylation is 2. The van der Waals surface area contributed by atoms with Gasteiger partial charge < -0.3 is 4.74 Å². The number of esters is 1. The lowest BCUT2D eigenvalue weighted by molar-refractivity contribution is 0.0600. The molecule has 0 bridgehead atoms. The molecule has 0 saturated carbocycles. The molecule has 0 radical (unpaired) electrons. The highest BCUT2D eigenvalue weighted by atomic mass is 32.2. The quantitative estimate of drug-likeness (QED) is 0.801. The van der Waals surface area contributed by atoms with Gasteiger partial charge in [0.25, 0.3) is 0 Å². The molecule has 0 aromatic heterocycles. The molecule has 2 aromatic rings. The average Bonchev–Trinajstić information content (AvgIpc) is 2.61. The predicted octanol–water partition coefficient (Wildman–Crippen LogP) is 3.38. The van der Waals surface area contributed by atoms with Gasteiger partial charge in [-0.2, -0.15) is 0 Å². The van der Waals surface area contributed by atoms with E-state index >= 15 is 0 Å². The van der Waals surface area contributed by atoms with E-state index in [-0.39, 0.29) is 10.5 Å². The Labute approximate surface area is 149 Å². The average molecular weight is 361 g/mol. The summed E-state index contributed by atoms with van der Waals surface area (Å²) in [6.45, 7) is 5.55. The number of hydrogen-bond donors (Lipinski definition) is 1. The Balaban J connectivity index is 2.30. The zero-order chi connectivity index (χ0) is 18.6. The Morgan fingerprint density at radius 1 is 1.16 bits per heavy atom. The predicted molar refractivity (Wildman–Crippen MR) is 97.1 cm³/mol. The van der Waals surface area contributed by atoms with Crippen LogP contribution in [0.5, 0.6) is 0 Å². The van der Waals surface area contributed by atoms with Gasteiger partial charge in [0.05, 0.1) is 17.6 Å². The third-order valence-electron chi connectivity index (χ3n) is 4.12. The van der Waals surface area contributed by atoms with Crippen LogP contribution in [0.2, 0.25) is 0 Å². The number of ether oxygens (including phenoxy) is 1. The Morgan fingerprint density at radius 2 is 1.80 bits per heavy atom. The van der Waals surface area contributed by atoms with Crippen molar-refractivity contribution in [1.82, 2.24) is 4.72 Å². The fourth-order valence-electron chi connectivity index (χ4n) is 2.54. The normalized spacial score (nSPS) is 12.6. The Hall–Kier alpha value is -2.18. The molecule has 2 aromatic carbocycles. The molecule has 0 aliphatic rings. The van der Waals surface area contributed by atoms with E-state index in [0.717, 1.165) is 12.0 Å². The van der Waals surface area contributed by atoms with Gasteiger partial charge in [-0.3, -0.25) is 0 Å². The molecule has 0 aliphatic heterocycles. The van der Waals surface area contributed by atoms with Gasteiger partial charge in [0.1, 0.15) is 0 Å². The van der Waals surface area contributed by atoms with Gasteiger partial charge >= 0.3 is 5.97 Å². The van der Waals surface area contributed by atoms with E-state index in [0.29, 0.717) is 5.56 Å². The van der Waals surface area contributed by atoms with Gasteiger partial charge in [0.15, 0.2) is 0 Å². The summed E-state index contributed by atoms with van der Waals surface area (Å²) in [4.78, 5) is 11.7. The smallest absolute Gasteiger partial charge is 0.337 e. The minimum atomic E-state index is -3.78. The van der Waals surface area contributed by atoms with Crippen LogP contribution in [0.25, 0.3) is 0 Å². The molecule has 0 saturated heterocycles. The molecule has 0 unspecified atom stereocenters.